The zero-order valence-corrected chi connectivity index (χ0v) is 10.8. The van der Waals surface area contributed by atoms with Gasteiger partial charge in [-0.05, 0) is 30.2 Å². The average Bonchev–Trinajstić information content (AvgIpc) is 2.27. The van der Waals surface area contributed by atoms with E-state index in [-0.39, 0.29) is 0 Å². The van der Waals surface area contributed by atoms with Crippen LogP contribution in [0.15, 0.2) is 28.5 Å². The van der Waals surface area contributed by atoms with E-state index in [9.17, 15) is 0 Å². The van der Waals surface area contributed by atoms with Crippen molar-refractivity contribution in [2.45, 2.75) is 0 Å². The molecule has 15 heavy (non-hydrogen) atoms. The van der Waals surface area contributed by atoms with Crippen molar-refractivity contribution >= 4 is 40.7 Å². The first-order valence-electron chi connectivity index (χ1n) is 4.21. The van der Waals surface area contributed by atoms with Crippen molar-refractivity contribution in [3.63, 3.8) is 0 Å². The molecular formula is C11H10ClNS2. The van der Waals surface area contributed by atoms with Crippen molar-refractivity contribution in [2.24, 2.45) is 0 Å². The van der Waals surface area contributed by atoms with Crippen LogP contribution in [0.25, 0.3) is 5.57 Å². The normalized spacial score (nSPS) is 9.47. The molecule has 78 valence electrons. The van der Waals surface area contributed by atoms with E-state index in [4.69, 9.17) is 16.9 Å². The Morgan fingerprint density at radius 1 is 1.20 bits per heavy atom. The summed E-state index contributed by atoms with van der Waals surface area (Å²) in [6.07, 6.45) is 3.94. The fraction of sp³-hybridized carbons (Fsp3) is 0.182. The molecule has 0 heterocycles. The van der Waals surface area contributed by atoms with E-state index in [0.717, 1.165) is 9.80 Å². The van der Waals surface area contributed by atoms with Gasteiger partial charge in [-0.2, -0.15) is 5.26 Å². The maximum absolute atomic E-state index is 9.11. The van der Waals surface area contributed by atoms with Crippen LogP contribution in [-0.2, 0) is 0 Å². The van der Waals surface area contributed by atoms with E-state index in [1.54, 1.807) is 35.7 Å². The number of halogens is 1. The molecule has 0 N–H and O–H groups in total. The van der Waals surface area contributed by atoms with E-state index in [0.29, 0.717) is 10.6 Å². The summed E-state index contributed by atoms with van der Waals surface area (Å²) >= 11 is 8.97. The van der Waals surface area contributed by atoms with Crippen molar-refractivity contribution in [1.29, 1.82) is 5.26 Å². The van der Waals surface area contributed by atoms with E-state index >= 15 is 0 Å². The van der Waals surface area contributed by atoms with Gasteiger partial charge in [-0.3, -0.25) is 0 Å². The second-order valence-corrected chi connectivity index (χ2v) is 5.02. The van der Waals surface area contributed by atoms with Crippen molar-refractivity contribution in [3.8, 4) is 6.07 Å². The predicted octanol–water partition coefficient (Wildman–Crippen LogP) is 4.26. The topological polar surface area (TPSA) is 23.8 Å². The second-order valence-electron chi connectivity index (χ2n) is 2.69. The second kappa shape index (κ2) is 6.12. The fourth-order valence-corrected chi connectivity index (χ4v) is 2.66. The molecule has 1 nitrogen and oxygen atoms in total. The lowest BCUT2D eigenvalue weighted by Gasteiger charge is -2.04. The smallest absolute Gasteiger partial charge is 0.101 e. The number of hydrogen-bond donors (Lipinski definition) is 0. The largest absolute Gasteiger partial charge is 0.192 e. The highest BCUT2D eigenvalue weighted by Gasteiger charge is 2.07. The van der Waals surface area contributed by atoms with Crippen LogP contribution in [0.1, 0.15) is 5.56 Å². The molecule has 0 saturated carbocycles. The third-order valence-electron chi connectivity index (χ3n) is 1.82. The molecule has 0 fully saturated rings. The quantitative estimate of drug-likeness (QED) is 0.754. The molecule has 1 rings (SSSR count). The lowest BCUT2D eigenvalue weighted by atomic mass is 10.1. The summed E-state index contributed by atoms with van der Waals surface area (Å²) in [6, 6.07) is 9.57. The van der Waals surface area contributed by atoms with Gasteiger partial charge in [-0.25, -0.2) is 0 Å². The minimum Gasteiger partial charge on any atom is -0.192 e. The maximum Gasteiger partial charge on any atom is 0.101 e. The number of benzene rings is 1. The number of rotatable bonds is 3. The van der Waals surface area contributed by atoms with Gasteiger partial charge in [0.25, 0.3) is 0 Å². The zero-order valence-electron chi connectivity index (χ0n) is 8.45. The first-order valence-corrected chi connectivity index (χ1v) is 7.04. The first kappa shape index (κ1) is 12.5. The van der Waals surface area contributed by atoms with E-state index in [2.05, 4.69) is 6.07 Å². The molecule has 4 heteroatoms. The van der Waals surface area contributed by atoms with Crippen LogP contribution >= 0.6 is 35.1 Å². The molecule has 0 radical (unpaired) electrons. The Balaban J connectivity index is 3.19. The molecule has 0 aliphatic heterocycles. The van der Waals surface area contributed by atoms with Crippen LogP contribution in [0.2, 0.25) is 5.02 Å². The Morgan fingerprint density at radius 2 is 1.73 bits per heavy atom. The minimum absolute atomic E-state index is 0.686. The van der Waals surface area contributed by atoms with Gasteiger partial charge in [0.2, 0.25) is 0 Å². The standard InChI is InChI=1S/C11H10ClNS2/c1-14-11(15-2)10(7-13)8-3-5-9(12)6-4-8/h3-6H,1-2H3. The molecule has 0 unspecified atom stereocenters. The number of hydrogen-bond acceptors (Lipinski definition) is 3. The molecule has 0 spiro atoms. The van der Waals surface area contributed by atoms with Crippen LogP contribution in [-0.4, -0.2) is 12.5 Å². The summed E-state index contributed by atoms with van der Waals surface area (Å²) in [5.41, 5.74) is 1.63. The molecule has 1 aromatic rings. The fourth-order valence-electron chi connectivity index (χ4n) is 1.13. The van der Waals surface area contributed by atoms with Gasteiger partial charge in [-0.1, -0.05) is 23.7 Å². The Kier molecular flexibility index (Phi) is 5.10. The number of nitriles is 1. The third-order valence-corrected chi connectivity index (χ3v) is 4.22. The molecule has 0 bridgehead atoms. The van der Waals surface area contributed by atoms with E-state index in [1.807, 2.05) is 24.6 Å². The van der Waals surface area contributed by atoms with Gasteiger partial charge in [-0.15, -0.1) is 23.5 Å². The SMILES string of the molecule is CSC(SC)=C(C#N)c1ccc(Cl)cc1. The van der Waals surface area contributed by atoms with Crippen molar-refractivity contribution in [1.82, 2.24) is 0 Å². The van der Waals surface area contributed by atoms with E-state index < -0.39 is 0 Å². The Labute approximate surface area is 104 Å². The Bertz CT molecular complexity index is 398. The van der Waals surface area contributed by atoms with Crippen molar-refractivity contribution in [2.75, 3.05) is 12.5 Å². The summed E-state index contributed by atoms with van der Waals surface area (Å²) in [5, 5.41) is 9.80. The molecule has 0 aliphatic rings. The molecule has 1 aromatic carbocycles. The summed E-state index contributed by atoms with van der Waals surface area (Å²) in [4.78, 5) is 0. The summed E-state index contributed by atoms with van der Waals surface area (Å²) in [5.74, 6) is 0. The number of nitrogens with zero attached hydrogens (tertiary/aromatic N) is 1. The predicted molar refractivity (Wildman–Crippen MR) is 71.0 cm³/mol. The number of allylic oxidation sites excluding steroid dienone is 1. The highest BCUT2D eigenvalue weighted by molar-refractivity contribution is 8.21. The molecule has 0 saturated heterocycles. The Hall–Kier alpha value is -0.560. The lowest BCUT2D eigenvalue weighted by molar-refractivity contribution is 1.52. The zero-order chi connectivity index (χ0) is 11.3. The van der Waals surface area contributed by atoms with Gasteiger partial charge < -0.3 is 0 Å². The van der Waals surface area contributed by atoms with Crippen LogP contribution in [0.3, 0.4) is 0 Å². The Morgan fingerprint density at radius 3 is 2.13 bits per heavy atom. The summed E-state index contributed by atoms with van der Waals surface area (Å²) in [6.45, 7) is 0. The first-order chi connectivity index (χ1) is 7.22. The van der Waals surface area contributed by atoms with Gasteiger partial charge in [0.05, 0.1) is 9.81 Å². The maximum atomic E-state index is 9.11. The third kappa shape index (κ3) is 3.20. The highest BCUT2D eigenvalue weighted by Crippen LogP contribution is 2.32. The molecule has 0 atom stereocenters. The highest BCUT2D eigenvalue weighted by atomic mass is 35.5. The van der Waals surface area contributed by atoms with Gasteiger partial charge >= 0.3 is 0 Å². The summed E-state index contributed by atoms with van der Waals surface area (Å²) in [7, 11) is 0. The molecule has 0 aromatic heterocycles. The molecule has 0 amide bonds. The monoisotopic (exact) mass is 255 g/mol. The minimum atomic E-state index is 0.686. The van der Waals surface area contributed by atoms with Gasteiger partial charge in [0, 0.05) is 5.02 Å². The van der Waals surface area contributed by atoms with Crippen LogP contribution in [0.5, 0.6) is 0 Å². The molecular weight excluding hydrogens is 246 g/mol. The van der Waals surface area contributed by atoms with Gasteiger partial charge in [0.1, 0.15) is 6.07 Å². The van der Waals surface area contributed by atoms with Crippen LogP contribution in [0, 0.1) is 11.3 Å². The number of thioether (sulfide) groups is 2. The van der Waals surface area contributed by atoms with Gasteiger partial charge in [0.15, 0.2) is 0 Å². The van der Waals surface area contributed by atoms with Crippen molar-refractivity contribution < 1.29 is 0 Å². The van der Waals surface area contributed by atoms with Crippen LogP contribution in [0.4, 0.5) is 0 Å². The summed E-state index contributed by atoms with van der Waals surface area (Å²) < 4.78 is 1.03. The van der Waals surface area contributed by atoms with Crippen LogP contribution < -0.4 is 0 Å². The van der Waals surface area contributed by atoms with E-state index in [1.165, 1.54) is 0 Å². The lowest BCUT2D eigenvalue weighted by Crippen LogP contribution is -1.83. The average molecular weight is 256 g/mol. The molecule has 0 aliphatic carbocycles. The van der Waals surface area contributed by atoms with Crippen molar-refractivity contribution in [3.05, 3.63) is 39.1 Å².